The molecular formula is C11H21NO2. The zero-order chi connectivity index (χ0) is 10.8. The molecule has 0 aliphatic carbocycles. The van der Waals surface area contributed by atoms with Gasteiger partial charge in [0.05, 0.1) is 6.54 Å². The molecule has 3 nitrogen and oxygen atoms in total. The van der Waals surface area contributed by atoms with Crippen LogP contribution in [0, 0.1) is 11.3 Å². The lowest BCUT2D eigenvalue weighted by Crippen LogP contribution is -2.42. The van der Waals surface area contributed by atoms with Crippen LogP contribution < -0.4 is 0 Å². The van der Waals surface area contributed by atoms with Gasteiger partial charge in [-0.05, 0) is 30.7 Å². The van der Waals surface area contributed by atoms with Gasteiger partial charge in [-0.15, -0.1) is 0 Å². The minimum Gasteiger partial charge on any atom is -0.480 e. The van der Waals surface area contributed by atoms with Crippen LogP contribution in [0.2, 0.25) is 0 Å². The fourth-order valence-corrected chi connectivity index (χ4v) is 2.10. The fraction of sp³-hybridized carbons (Fsp3) is 0.909. The lowest BCUT2D eigenvalue weighted by Gasteiger charge is -2.39. The molecule has 1 saturated heterocycles. The van der Waals surface area contributed by atoms with Crippen molar-refractivity contribution in [2.24, 2.45) is 11.3 Å². The van der Waals surface area contributed by atoms with Crippen LogP contribution in [0.1, 0.15) is 33.6 Å². The van der Waals surface area contributed by atoms with E-state index in [-0.39, 0.29) is 6.54 Å². The van der Waals surface area contributed by atoms with E-state index in [1.807, 2.05) is 0 Å². The van der Waals surface area contributed by atoms with Crippen LogP contribution in [0.3, 0.4) is 0 Å². The molecule has 82 valence electrons. The van der Waals surface area contributed by atoms with Gasteiger partial charge in [0.15, 0.2) is 0 Å². The van der Waals surface area contributed by atoms with Crippen LogP contribution >= 0.6 is 0 Å². The molecular weight excluding hydrogens is 178 g/mol. The molecule has 0 spiro atoms. The van der Waals surface area contributed by atoms with Gasteiger partial charge < -0.3 is 5.11 Å². The molecule has 0 saturated carbocycles. The van der Waals surface area contributed by atoms with Gasteiger partial charge in [-0.1, -0.05) is 20.8 Å². The monoisotopic (exact) mass is 199 g/mol. The molecule has 3 heteroatoms. The molecule has 1 aliphatic heterocycles. The first kappa shape index (κ1) is 11.5. The largest absolute Gasteiger partial charge is 0.480 e. The molecule has 0 unspecified atom stereocenters. The Morgan fingerprint density at radius 2 is 2.14 bits per heavy atom. The molecule has 1 N–H and O–H groups in total. The number of carboxylic acids is 1. The maximum Gasteiger partial charge on any atom is 0.317 e. The summed E-state index contributed by atoms with van der Waals surface area (Å²) in [6, 6.07) is 0. The van der Waals surface area contributed by atoms with Gasteiger partial charge in [-0.25, -0.2) is 0 Å². The van der Waals surface area contributed by atoms with Crippen LogP contribution in [0.25, 0.3) is 0 Å². The van der Waals surface area contributed by atoms with Gasteiger partial charge in [0, 0.05) is 6.54 Å². The van der Waals surface area contributed by atoms with Gasteiger partial charge in [-0.2, -0.15) is 0 Å². The number of carbonyl (C=O) groups is 1. The Morgan fingerprint density at radius 1 is 1.50 bits per heavy atom. The predicted molar refractivity (Wildman–Crippen MR) is 56.3 cm³/mol. The van der Waals surface area contributed by atoms with Crippen molar-refractivity contribution >= 4 is 5.97 Å². The summed E-state index contributed by atoms with van der Waals surface area (Å²) < 4.78 is 0. The Kier molecular flexibility index (Phi) is 3.53. The molecule has 1 atom stereocenters. The summed E-state index contributed by atoms with van der Waals surface area (Å²) in [5.41, 5.74) is 0.303. The number of hydrogen-bond donors (Lipinski definition) is 1. The first-order chi connectivity index (χ1) is 6.39. The van der Waals surface area contributed by atoms with Crippen LogP contribution in [-0.4, -0.2) is 35.6 Å². The normalized spacial score (nSPS) is 24.9. The predicted octanol–water partition coefficient (Wildman–Crippen LogP) is 1.83. The first-order valence-electron chi connectivity index (χ1n) is 5.34. The number of nitrogens with zero attached hydrogens (tertiary/aromatic N) is 1. The van der Waals surface area contributed by atoms with E-state index in [1.54, 1.807) is 0 Å². The zero-order valence-electron chi connectivity index (χ0n) is 9.42. The first-order valence-corrected chi connectivity index (χ1v) is 5.34. The zero-order valence-corrected chi connectivity index (χ0v) is 9.42. The van der Waals surface area contributed by atoms with Crippen LogP contribution in [0.4, 0.5) is 0 Å². The molecule has 0 aromatic heterocycles. The Morgan fingerprint density at radius 3 is 2.64 bits per heavy atom. The highest BCUT2D eigenvalue weighted by Gasteiger charge is 2.29. The summed E-state index contributed by atoms with van der Waals surface area (Å²) in [6.45, 7) is 8.80. The average molecular weight is 199 g/mol. The average Bonchev–Trinajstić information content (AvgIpc) is 2.01. The molecule has 0 bridgehead atoms. The highest BCUT2D eigenvalue weighted by Crippen LogP contribution is 2.32. The topological polar surface area (TPSA) is 40.5 Å². The third-order valence-corrected chi connectivity index (χ3v) is 3.09. The van der Waals surface area contributed by atoms with Crippen molar-refractivity contribution in [2.45, 2.75) is 33.6 Å². The second-order valence-electron chi connectivity index (χ2n) is 5.33. The summed E-state index contributed by atoms with van der Waals surface area (Å²) in [4.78, 5) is 12.6. The van der Waals surface area contributed by atoms with E-state index in [2.05, 4.69) is 25.7 Å². The van der Waals surface area contributed by atoms with Crippen molar-refractivity contribution in [1.82, 2.24) is 4.90 Å². The van der Waals surface area contributed by atoms with Gasteiger partial charge in [0.1, 0.15) is 0 Å². The number of likely N-dealkylation sites (tertiary alicyclic amines) is 1. The van der Waals surface area contributed by atoms with Gasteiger partial charge in [0.25, 0.3) is 0 Å². The fourth-order valence-electron chi connectivity index (χ4n) is 2.10. The van der Waals surface area contributed by atoms with Crippen LogP contribution in [0.5, 0.6) is 0 Å². The van der Waals surface area contributed by atoms with Crippen molar-refractivity contribution in [1.29, 1.82) is 0 Å². The standard InChI is InChI=1S/C11H21NO2/c1-11(2,3)9-5-4-6-12(7-9)8-10(13)14/h9H,4-8H2,1-3H3,(H,13,14)/t9-/m1/s1. The molecule has 1 fully saturated rings. The van der Waals surface area contributed by atoms with E-state index in [0.717, 1.165) is 19.5 Å². The number of aliphatic carboxylic acids is 1. The summed E-state index contributed by atoms with van der Waals surface area (Å²) in [5.74, 6) is -0.0739. The Hall–Kier alpha value is -0.570. The second-order valence-corrected chi connectivity index (χ2v) is 5.33. The van der Waals surface area contributed by atoms with E-state index in [9.17, 15) is 4.79 Å². The van der Waals surface area contributed by atoms with Crippen molar-refractivity contribution in [3.63, 3.8) is 0 Å². The van der Waals surface area contributed by atoms with E-state index in [4.69, 9.17) is 5.11 Å². The van der Waals surface area contributed by atoms with Gasteiger partial charge >= 0.3 is 5.97 Å². The lowest BCUT2D eigenvalue weighted by atomic mass is 9.76. The highest BCUT2D eigenvalue weighted by atomic mass is 16.4. The van der Waals surface area contributed by atoms with Gasteiger partial charge in [0.2, 0.25) is 0 Å². The molecule has 1 aliphatic rings. The Labute approximate surface area is 86.1 Å². The Bertz CT molecular complexity index is 208. The van der Waals surface area contributed by atoms with Crippen LogP contribution in [0.15, 0.2) is 0 Å². The summed E-state index contributed by atoms with van der Waals surface area (Å²) in [5, 5.41) is 8.71. The molecule has 0 aromatic rings. The second kappa shape index (κ2) is 4.30. The number of carboxylic acid groups (broad SMARTS) is 1. The minimum atomic E-state index is -0.709. The molecule has 1 rings (SSSR count). The van der Waals surface area contributed by atoms with E-state index in [0.29, 0.717) is 11.3 Å². The van der Waals surface area contributed by atoms with Crippen LogP contribution in [-0.2, 0) is 4.79 Å². The molecule has 14 heavy (non-hydrogen) atoms. The van der Waals surface area contributed by atoms with E-state index < -0.39 is 5.97 Å². The quantitative estimate of drug-likeness (QED) is 0.737. The summed E-state index contributed by atoms with van der Waals surface area (Å²) in [6.07, 6.45) is 2.37. The molecule has 0 aromatic carbocycles. The lowest BCUT2D eigenvalue weighted by molar-refractivity contribution is -0.139. The number of piperidine rings is 1. The van der Waals surface area contributed by atoms with E-state index >= 15 is 0 Å². The van der Waals surface area contributed by atoms with E-state index in [1.165, 1.54) is 6.42 Å². The van der Waals surface area contributed by atoms with Crippen molar-refractivity contribution < 1.29 is 9.90 Å². The summed E-state index contributed by atoms with van der Waals surface area (Å²) >= 11 is 0. The minimum absolute atomic E-state index is 0.201. The van der Waals surface area contributed by atoms with Gasteiger partial charge in [-0.3, -0.25) is 9.69 Å². The van der Waals surface area contributed by atoms with Crippen molar-refractivity contribution in [2.75, 3.05) is 19.6 Å². The maximum absolute atomic E-state index is 10.6. The number of rotatable bonds is 2. The molecule has 0 amide bonds. The SMILES string of the molecule is CC(C)(C)[C@@H]1CCCN(CC(=O)O)C1. The smallest absolute Gasteiger partial charge is 0.317 e. The number of hydrogen-bond acceptors (Lipinski definition) is 2. The third-order valence-electron chi connectivity index (χ3n) is 3.09. The van der Waals surface area contributed by atoms with Crippen molar-refractivity contribution in [3.05, 3.63) is 0 Å². The highest BCUT2D eigenvalue weighted by molar-refractivity contribution is 5.69. The summed E-state index contributed by atoms with van der Waals surface area (Å²) in [7, 11) is 0. The molecule has 0 radical (unpaired) electrons. The third kappa shape index (κ3) is 3.29. The Balaban J connectivity index is 2.48. The molecule has 1 heterocycles. The maximum atomic E-state index is 10.6. The van der Waals surface area contributed by atoms with Crippen molar-refractivity contribution in [3.8, 4) is 0 Å².